The molecule has 19 heavy (non-hydrogen) atoms. The van der Waals surface area contributed by atoms with Crippen LogP contribution in [0.3, 0.4) is 0 Å². The zero-order valence-electron chi connectivity index (χ0n) is 10.6. The molecule has 1 aliphatic rings. The summed E-state index contributed by atoms with van der Waals surface area (Å²) in [4.78, 5) is 18.6. The van der Waals surface area contributed by atoms with Crippen LogP contribution in [0.5, 0.6) is 0 Å². The molecule has 0 atom stereocenters. The number of fused-ring (bicyclic) bond motifs is 1. The second kappa shape index (κ2) is 5.17. The first kappa shape index (κ1) is 12.4. The molecule has 0 bridgehead atoms. The number of hydrogen-bond acceptors (Lipinski definition) is 2. The van der Waals surface area contributed by atoms with Crippen LogP contribution in [-0.4, -0.2) is 28.9 Å². The molecule has 98 valence electrons. The van der Waals surface area contributed by atoms with Crippen LogP contribution in [0.1, 0.15) is 29.6 Å². The maximum absolute atomic E-state index is 12.6. The quantitative estimate of drug-likeness (QED) is 0.746. The summed E-state index contributed by atoms with van der Waals surface area (Å²) < 4.78 is 0. The summed E-state index contributed by atoms with van der Waals surface area (Å²) in [5.74, 6) is 0.0695. The summed E-state index contributed by atoms with van der Waals surface area (Å²) in [5, 5.41) is 2.18. The van der Waals surface area contributed by atoms with Crippen LogP contribution in [0.25, 0.3) is 10.8 Å². The smallest absolute Gasteiger partial charge is 0.256 e. The number of piperidine rings is 1. The summed E-state index contributed by atoms with van der Waals surface area (Å²) in [6.45, 7) is 1.69. The first-order chi connectivity index (χ1) is 9.27. The van der Waals surface area contributed by atoms with Crippen molar-refractivity contribution < 1.29 is 4.79 Å². The SMILES string of the molecule is O=C(c1cnc(Cl)c2ccccc12)N1CCCCC1. The number of halogens is 1. The molecule has 1 fully saturated rings. The van der Waals surface area contributed by atoms with Gasteiger partial charge in [0.2, 0.25) is 0 Å². The topological polar surface area (TPSA) is 33.2 Å². The Morgan fingerprint density at radius 3 is 2.53 bits per heavy atom. The van der Waals surface area contributed by atoms with Crippen molar-refractivity contribution in [3.63, 3.8) is 0 Å². The molecule has 0 aliphatic carbocycles. The second-order valence-electron chi connectivity index (χ2n) is 4.86. The van der Waals surface area contributed by atoms with Crippen molar-refractivity contribution in [1.82, 2.24) is 9.88 Å². The molecule has 1 saturated heterocycles. The molecule has 4 heteroatoms. The fourth-order valence-electron chi connectivity index (χ4n) is 2.60. The van der Waals surface area contributed by atoms with E-state index < -0.39 is 0 Å². The fourth-order valence-corrected chi connectivity index (χ4v) is 2.81. The van der Waals surface area contributed by atoms with Crippen LogP contribution in [0, 0.1) is 0 Å². The molecular formula is C15H15ClN2O. The van der Waals surface area contributed by atoms with E-state index in [4.69, 9.17) is 11.6 Å². The van der Waals surface area contributed by atoms with Crippen LogP contribution < -0.4 is 0 Å². The van der Waals surface area contributed by atoms with Crippen LogP contribution in [0.2, 0.25) is 5.15 Å². The highest BCUT2D eigenvalue weighted by Crippen LogP contribution is 2.25. The number of likely N-dealkylation sites (tertiary alicyclic amines) is 1. The van der Waals surface area contributed by atoms with Crippen molar-refractivity contribution in [2.45, 2.75) is 19.3 Å². The predicted molar refractivity (Wildman–Crippen MR) is 76.5 cm³/mol. The molecule has 1 aromatic heterocycles. The molecule has 0 saturated carbocycles. The first-order valence-electron chi connectivity index (χ1n) is 6.60. The Bertz CT molecular complexity index is 621. The number of hydrogen-bond donors (Lipinski definition) is 0. The van der Waals surface area contributed by atoms with Gasteiger partial charge in [0.15, 0.2) is 0 Å². The minimum atomic E-state index is 0.0695. The number of carbonyl (C=O) groups excluding carboxylic acids is 1. The summed E-state index contributed by atoms with van der Waals surface area (Å²) in [5.41, 5.74) is 0.655. The van der Waals surface area contributed by atoms with Crippen molar-refractivity contribution in [2.75, 3.05) is 13.1 Å². The highest BCUT2D eigenvalue weighted by Gasteiger charge is 2.20. The predicted octanol–water partition coefficient (Wildman–Crippen LogP) is 3.51. The summed E-state index contributed by atoms with van der Waals surface area (Å²) in [6, 6.07) is 7.66. The van der Waals surface area contributed by atoms with Gasteiger partial charge in [-0.15, -0.1) is 0 Å². The van der Waals surface area contributed by atoms with Crippen molar-refractivity contribution in [3.05, 3.63) is 41.2 Å². The normalized spacial score (nSPS) is 15.7. The van der Waals surface area contributed by atoms with E-state index in [0.717, 1.165) is 36.7 Å². The van der Waals surface area contributed by atoms with Crippen LogP contribution in [-0.2, 0) is 0 Å². The molecule has 3 nitrogen and oxygen atoms in total. The number of carbonyl (C=O) groups is 1. The van der Waals surface area contributed by atoms with E-state index in [9.17, 15) is 4.79 Å². The molecular weight excluding hydrogens is 260 g/mol. The highest BCUT2D eigenvalue weighted by molar-refractivity contribution is 6.34. The minimum Gasteiger partial charge on any atom is -0.339 e. The zero-order chi connectivity index (χ0) is 13.2. The van der Waals surface area contributed by atoms with Crippen molar-refractivity contribution >= 4 is 28.3 Å². The second-order valence-corrected chi connectivity index (χ2v) is 5.22. The average molecular weight is 275 g/mol. The van der Waals surface area contributed by atoms with Gasteiger partial charge in [0, 0.05) is 24.7 Å². The van der Waals surface area contributed by atoms with E-state index >= 15 is 0 Å². The molecule has 1 aliphatic heterocycles. The first-order valence-corrected chi connectivity index (χ1v) is 6.97. The Morgan fingerprint density at radius 2 is 1.79 bits per heavy atom. The third kappa shape index (κ3) is 2.30. The molecule has 0 unspecified atom stereocenters. The monoisotopic (exact) mass is 274 g/mol. The van der Waals surface area contributed by atoms with Gasteiger partial charge in [0.05, 0.1) is 5.56 Å². The largest absolute Gasteiger partial charge is 0.339 e. The van der Waals surface area contributed by atoms with Crippen molar-refractivity contribution in [1.29, 1.82) is 0 Å². The lowest BCUT2D eigenvalue weighted by molar-refractivity contribution is 0.0726. The van der Waals surface area contributed by atoms with Crippen molar-refractivity contribution in [2.24, 2.45) is 0 Å². The fraction of sp³-hybridized carbons (Fsp3) is 0.333. The molecule has 3 rings (SSSR count). The Hall–Kier alpha value is -1.61. The Kier molecular flexibility index (Phi) is 3.38. The van der Waals surface area contributed by atoms with E-state index in [0.29, 0.717) is 10.7 Å². The molecule has 0 N–H and O–H groups in total. The van der Waals surface area contributed by atoms with Gasteiger partial charge < -0.3 is 4.90 Å². The van der Waals surface area contributed by atoms with E-state index in [1.807, 2.05) is 29.2 Å². The minimum absolute atomic E-state index is 0.0695. The zero-order valence-corrected chi connectivity index (χ0v) is 11.4. The molecule has 1 amide bonds. The summed E-state index contributed by atoms with van der Waals surface area (Å²) in [6.07, 6.45) is 4.99. The Morgan fingerprint density at radius 1 is 1.11 bits per heavy atom. The molecule has 0 spiro atoms. The third-order valence-electron chi connectivity index (χ3n) is 3.62. The van der Waals surface area contributed by atoms with Gasteiger partial charge in [-0.1, -0.05) is 35.9 Å². The number of rotatable bonds is 1. The van der Waals surface area contributed by atoms with Crippen LogP contribution in [0.4, 0.5) is 0 Å². The van der Waals surface area contributed by atoms with Gasteiger partial charge in [0.1, 0.15) is 5.15 Å². The van der Waals surface area contributed by atoms with E-state index in [1.54, 1.807) is 6.20 Å². The summed E-state index contributed by atoms with van der Waals surface area (Å²) in [7, 11) is 0. The lowest BCUT2D eigenvalue weighted by atomic mass is 10.1. The van der Waals surface area contributed by atoms with Gasteiger partial charge >= 0.3 is 0 Å². The van der Waals surface area contributed by atoms with Crippen LogP contribution in [0.15, 0.2) is 30.5 Å². The molecule has 0 radical (unpaired) electrons. The van der Waals surface area contributed by atoms with Crippen LogP contribution >= 0.6 is 11.6 Å². The Labute approximate surface area is 117 Å². The third-order valence-corrected chi connectivity index (χ3v) is 3.92. The maximum atomic E-state index is 12.6. The van der Waals surface area contributed by atoms with Gasteiger partial charge in [-0.3, -0.25) is 4.79 Å². The standard InChI is InChI=1S/C15H15ClN2O/c16-14-12-7-3-2-6-11(12)13(10-17-14)15(19)18-8-4-1-5-9-18/h2-3,6-7,10H,1,4-5,8-9H2. The highest BCUT2D eigenvalue weighted by atomic mass is 35.5. The van der Waals surface area contributed by atoms with E-state index in [1.165, 1.54) is 6.42 Å². The van der Waals surface area contributed by atoms with E-state index in [2.05, 4.69) is 4.98 Å². The number of benzene rings is 1. The van der Waals surface area contributed by atoms with Gasteiger partial charge in [-0.2, -0.15) is 0 Å². The van der Waals surface area contributed by atoms with Crippen molar-refractivity contribution in [3.8, 4) is 0 Å². The van der Waals surface area contributed by atoms with Gasteiger partial charge in [-0.25, -0.2) is 4.98 Å². The number of pyridine rings is 1. The Balaban J connectivity index is 2.05. The maximum Gasteiger partial charge on any atom is 0.256 e. The lowest BCUT2D eigenvalue weighted by Crippen LogP contribution is -2.35. The molecule has 2 aromatic rings. The summed E-state index contributed by atoms with van der Waals surface area (Å²) >= 11 is 6.08. The van der Waals surface area contributed by atoms with Gasteiger partial charge in [-0.05, 0) is 24.6 Å². The number of nitrogens with zero attached hydrogens (tertiary/aromatic N) is 2. The van der Waals surface area contributed by atoms with Gasteiger partial charge in [0.25, 0.3) is 5.91 Å². The lowest BCUT2D eigenvalue weighted by Gasteiger charge is -2.27. The number of amides is 1. The molecule has 1 aromatic carbocycles. The van der Waals surface area contributed by atoms with E-state index in [-0.39, 0.29) is 5.91 Å². The molecule has 2 heterocycles. The number of aromatic nitrogens is 1. The average Bonchev–Trinajstić information content (AvgIpc) is 2.48.